The van der Waals surface area contributed by atoms with Gasteiger partial charge in [-0.05, 0) is 39.7 Å². The van der Waals surface area contributed by atoms with Crippen LogP contribution in [0, 0.1) is 5.92 Å². The highest BCUT2D eigenvalue weighted by Crippen LogP contribution is 2.30. The number of nitrogens with zero attached hydrogens (tertiary/aromatic N) is 2. The number of hydrogen-bond acceptors (Lipinski definition) is 8. The topological polar surface area (TPSA) is 104 Å². The first kappa shape index (κ1) is 25.3. The van der Waals surface area contributed by atoms with Crippen molar-refractivity contribution in [3.8, 4) is 0 Å². The van der Waals surface area contributed by atoms with Crippen LogP contribution in [0.15, 0.2) is 5.38 Å². The van der Waals surface area contributed by atoms with E-state index in [9.17, 15) is 9.59 Å². The minimum atomic E-state index is -0.575. The molecule has 0 bridgehead atoms. The van der Waals surface area contributed by atoms with Gasteiger partial charge in [0.25, 0.3) is 0 Å². The molecule has 9 heteroatoms. The number of amides is 1. The highest BCUT2D eigenvalue weighted by molar-refractivity contribution is 7.09. The van der Waals surface area contributed by atoms with E-state index >= 15 is 0 Å². The van der Waals surface area contributed by atoms with Gasteiger partial charge in [0.2, 0.25) is 0 Å². The molecule has 0 aliphatic carbocycles. The van der Waals surface area contributed by atoms with E-state index in [2.05, 4.69) is 4.98 Å². The van der Waals surface area contributed by atoms with Crippen LogP contribution < -0.4 is 5.73 Å². The number of ether oxygens (including phenoxy) is 3. The molecule has 0 aromatic carbocycles. The summed E-state index contributed by atoms with van der Waals surface area (Å²) < 4.78 is 16.3. The second-order valence-electron chi connectivity index (χ2n) is 8.20. The molecule has 0 spiro atoms. The molecule has 1 aromatic heterocycles. The zero-order valence-corrected chi connectivity index (χ0v) is 19.4. The third-order valence-electron chi connectivity index (χ3n) is 4.26. The summed E-state index contributed by atoms with van der Waals surface area (Å²) >= 11 is 1.34. The smallest absolute Gasteiger partial charge is 0.410 e. The second kappa shape index (κ2) is 11.5. The molecule has 2 N–H and O–H groups in total. The van der Waals surface area contributed by atoms with Crippen LogP contribution in [0.5, 0.6) is 0 Å². The van der Waals surface area contributed by atoms with Gasteiger partial charge in [-0.25, -0.2) is 14.6 Å². The molecule has 0 saturated heterocycles. The van der Waals surface area contributed by atoms with E-state index in [1.165, 1.54) is 18.4 Å². The van der Waals surface area contributed by atoms with Crippen LogP contribution in [0.4, 0.5) is 4.79 Å². The van der Waals surface area contributed by atoms with Crippen LogP contribution in [0.1, 0.15) is 69.1 Å². The number of methoxy groups -OCH3 is 1. The number of carbonyl (C=O) groups excluding carboxylic acids is 2. The molecular weight excluding hydrogens is 394 g/mol. The summed E-state index contributed by atoms with van der Waals surface area (Å²) in [5, 5.41) is 2.33. The third kappa shape index (κ3) is 8.28. The largest absolute Gasteiger partial charge is 0.464 e. The third-order valence-corrected chi connectivity index (χ3v) is 5.20. The van der Waals surface area contributed by atoms with Crippen LogP contribution in [0.25, 0.3) is 0 Å². The lowest BCUT2D eigenvalue weighted by atomic mass is 9.96. The fraction of sp³-hybridized carbons (Fsp3) is 0.750. The van der Waals surface area contributed by atoms with Crippen molar-refractivity contribution in [3.63, 3.8) is 0 Å². The Morgan fingerprint density at radius 2 is 1.97 bits per heavy atom. The zero-order valence-electron chi connectivity index (χ0n) is 18.6. The molecule has 8 nitrogen and oxygen atoms in total. The van der Waals surface area contributed by atoms with E-state index in [1.54, 1.807) is 17.3 Å². The second-order valence-corrected chi connectivity index (χ2v) is 9.09. The number of nitrogens with two attached hydrogens (primary N) is 1. The molecular formula is C20H35N3O5S. The number of thiazole rings is 1. The van der Waals surface area contributed by atoms with Gasteiger partial charge in [-0.15, -0.1) is 11.3 Å². The summed E-state index contributed by atoms with van der Waals surface area (Å²) in [6.07, 6.45) is 0.472. The molecule has 1 amide bonds. The summed E-state index contributed by atoms with van der Waals surface area (Å²) in [6.45, 7) is 10.6. The lowest BCUT2D eigenvalue weighted by Gasteiger charge is -2.34. The van der Waals surface area contributed by atoms with Gasteiger partial charge in [0.05, 0.1) is 7.11 Å². The van der Waals surface area contributed by atoms with Crippen LogP contribution in [-0.2, 0) is 14.2 Å². The lowest BCUT2D eigenvalue weighted by molar-refractivity contribution is -0.00356. The predicted molar refractivity (Wildman–Crippen MR) is 113 cm³/mol. The summed E-state index contributed by atoms with van der Waals surface area (Å²) in [5.74, 6) is -0.326. The standard InChI is InChI=1S/C20H35N3O5S/c1-13(2)15(23(6)19(25)28-20(3,4)5)11-16(27-10-8-9-21)17-22-14(12-29-17)18(24)26-7/h12-13,15-16H,8-11,21H2,1-7H3/t15-,16-/m1/s1. The van der Waals surface area contributed by atoms with Crippen molar-refractivity contribution in [2.75, 3.05) is 27.3 Å². The van der Waals surface area contributed by atoms with Gasteiger partial charge in [-0.2, -0.15) is 0 Å². The fourth-order valence-electron chi connectivity index (χ4n) is 2.75. The van der Waals surface area contributed by atoms with Crippen molar-refractivity contribution in [3.05, 3.63) is 16.1 Å². The zero-order chi connectivity index (χ0) is 22.2. The van der Waals surface area contributed by atoms with Gasteiger partial charge in [-0.3, -0.25) is 0 Å². The molecule has 166 valence electrons. The van der Waals surface area contributed by atoms with Crippen molar-refractivity contribution < 1.29 is 23.8 Å². The Morgan fingerprint density at radius 1 is 1.31 bits per heavy atom. The molecule has 1 rings (SSSR count). The van der Waals surface area contributed by atoms with Crippen molar-refractivity contribution in [1.29, 1.82) is 0 Å². The number of rotatable bonds is 10. The van der Waals surface area contributed by atoms with Gasteiger partial charge in [0, 0.05) is 31.5 Å². The average molecular weight is 430 g/mol. The van der Waals surface area contributed by atoms with Crippen molar-refractivity contribution in [2.45, 2.75) is 65.2 Å². The lowest BCUT2D eigenvalue weighted by Crippen LogP contribution is -2.44. The van der Waals surface area contributed by atoms with Crippen molar-refractivity contribution in [1.82, 2.24) is 9.88 Å². The number of carbonyl (C=O) groups is 2. The van der Waals surface area contributed by atoms with Crippen molar-refractivity contribution in [2.24, 2.45) is 11.7 Å². The Labute approximate surface area is 177 Å². The maximum Gasteiger partial charge on any atom is 0.410 e. The Kier molecular flexibility index (Phi) is 10.0. The summed E-state index contributed by atoms with van der Waals surface area (Å²) in [4.78, 5) is 30.4. The van der Waals surface area contributed by atoms with Gasteiger partial charge in [-0.1, -0.05) is 13.8 Å². The first-order valence-corrected chi connectivity index (χ1v) is 10.7. The average Bonchev–Trinajstić information content (AvgIpc) is 3.11. The first-order chi connectivity index (χ1) is 13.5. The minimum Gasteiger partial charge on any atom is -0.464 e. The minimum absolute atomic E-state index is 0.141. The maximum absolute atomic E-state index is 12.6. The van der Waals surface area contributed by atoms with E-state index in [1.807, 2.05) is 34.6 Å². The van der Waals surface area contributed by atoms with E-state index in [4.69, 9.17) is 19.9 Å². The van der Waals surface area contributed by atoms with E-state index in [0.717, 1.165) is 0 Å². The van der Waals surface area contributed by atoms with Crippen LogP contribution in [0.3, 0.4) is 0 Å². The normalized spacial score (nSPS) is 13.8. The summed E-state index contributed by atoms with van der Waals surface area (Å²) in [6, 6.07) is -0.141. The summed E-state index contributed by atoms with van der Waals surface area (Å²) in [5.41, 5.74) is 5.26. The van der Waals surface area contributed by atoms with E-state index < -0.39 is 11.6 Å². The Balaban J connectivity index is 3.04. The summed E-state index contributed by atoms with van der Waals surface area (Å²) in [7, 11) is 3.05. The molecule has 2 atom stereocenters. The van der Waals surface area contributed by atoms with Gasteiger partial charge < -0.3 is 24.8 Å². The Bertz CT molecular complexity index is 657. The monoisotopic (exact) mass is 429 g/mol. The van der Waals surface area contributed by atoms with Gasteiger partial charge in [0.15, 0.2) is 5.69 Å². The quantitative estimate of drug-likeness (QED) is 0.447. The van der Waals surface area contributed by atoms with Crippen LogP contribution >= 0.6 is 11.3 Å². The molecule has 0 fully saturated rings. The molecule has 1 aromatic rings. The number of aromatic nitrogens is 1. The first-order valence-electron chi connectivity index (χ1n) is 9.81. The highest BCUT2D eigenvalue weighted by atomic mass is 32.1. The molecule has 29 heavy (non-hydrogen) atoms. The number of esters is 1. The Hall–Kier alpha value is -1.71. The SMILES string of the molecule is COC(=O)c1csc([C@@H](C[C@H](C(C)C)N(C)C(=O)OC(C)(C)C)OCCCN)n1. The van der Waals surface area contributed by atoms with E-state index in [0.29, 0.717) is 31.0 Å². The highest BCUT2D eigenvalue weighted by Gasteiger charge is 2.31. The molecule has 0 saturated carbocycles. The maximum atomic E-state index is 12.6. The van der Waals surface area contributed by atoms with Crippen LogP contribution in [-0.4, -0.2) is 60.9 Å². The van der Waals surface area contributed by atoms with Gasteiger partial charge >= 0.3 is 12.1 Å². The van der Waals surface area contributed by atoms with E-state index in [-0.39, 0.29) is 29.9 Å². The molecule has 0 aliphatic rings. The molecule has 0 radical (unpaired) electrons. The van der Waals surface area contributed by atoms with Crippen LogP contribution in [0.2, 0.25) is 0 Å². The molecule has 0 unspecified atom stereocenters. The van der Waals surface area contributed by atoms with Gasteiger partial charge in [0.1, 0.15) is 16.7 Å². The molecule has 0 aliphatic heterocycles. The predicted octanol–water partition coefficient (Wildman–Crippen LogP) is 3.62. The Morgan fingerprint density at radius 3 is 2.48 bits per heavy atom. The fourth-order valence-corrected chi connectivity index (χ4v) is 3.60. The van der Waals surface area contributed by atoms with Crippen molar-refractivity contribution >= 4 is 23.4 Å². The number of hydrogen-bond donors (Lipinski definition) is 1. The molecule has 1 heterocycles.